The summed E-state index contributed by atoms with van der Waals surface area (Å²) < 4.78 is 22.3. The van der Waals surface area contributed by atoms with Gasteiger partial charge in [0.15, 0.2) is 11.5 Å². The number of rotatable bonds is 16. The van der Waals surface area contributed by atoms with Crippen LogP contribution in [0.3, 0.4) is 0 Å². The zero-order valence-electron chi connectivity index (χ0n) is 26.1. The fourth-order valence-corrected chi connectivity index (χ4v) is 5.97. The van der Waals surface area contributed by atoms with Gasteiger partial charge in [0.25, 0.3) is 5.91 Å². The first-order valence-corrected chi connectivity index (χ1v) is 16.2. The topological polar surface area (TPSA) is 85.4 Å². The third-order valence-corrected chi connectivity index (χ3v) is 8.54. The largest absolute Gasteiger partial charge is 0.493 e. The minimum atomic E-state index is -0.131. The molecule has 0 atom stereocenters. The summed E-state index contributed by atoms with van der Waals surface area (Å²) in [6.07, 6.45) is 0.818. The van der Waals surface area contributed by atoms with Crippen LogP contribution in [0.25, 0.3) is 0 Å². The number of nitrogens with one attached hydrogen (secondary N) is 1. The molecule has 0 aliphatic carbocycles. The summed E-state index contributed by atoms with van der Waals surface area (Å²) in [4.78, 5) is 22.2. The summed E-state index contributed by atoms with van der Waals surface area (Å²) in [5.74, 6) is 2.14. The van der Waals surface area contributed by atoms with Crippen LogP contribution in [0.1, 0.15) is 32.2 Å². The van der Waals surface area contributed by atoms with E-state index in [2.05, 4.69) is 45.4 Å². The van der Waals surface area contributed by atoms with Gasteiger partial charge in [-0.3, -0.25) is 14.6 Å². The summed E-state index contributed by atoms with van der Waals surface area (Å²) in [6.45, 7) is 7.39. The third kappa shape index (κ3) is 10.0. The van der Waals surface area contributed by atoms with E-state index in [-0.39, 0.29) is 5.91 Å². The van der Waals surface area contributed by atoms with Crippen LogP contribution in [0.2, 0.25) is 0 Å². The number of ether oxygens (including phenoxy) is 4. The van der Waals surface area contributed by atoms with Crippen LogP contribution >= 0.6 is 11.3 Å². The van der Waals surface area contributed by atoms with Crippen molar-refractivity contribution in [3.05, 3.63) is 106 Å². The predicted molar refractivity (Wildman–Crippen MR) is 176 cm³/mol. The van der Waals surface area contributed by atoms with E-state index in [1.807, 2.05) is 47.8 Å². The van der Waals surface area contributed by atoms with Gasteiger partial charge >= 0.3 is 0 Å². The molecule has 0 saturated carbocycles. The number of hydrogen-bond donors (Lipinski definition) is 1. The number of hydrogen-bond acceptors (Lipinski definition) is 9. The van der Waals surface area contributed by atoms with Crippen LogP contribution < -0.4 is 19.5 Å². The van der Waals surface area contributed by atoms with Gasteiger partial charge < -0.3 is 24.3 Å². The lowest BCUT2D eigenvalue weighted by Crippen LogP contribution is -2.41. The lowest BCUT2D eigenvalue weighted by Gasteiger charge is -2.26. The number of amides is 1. The van der Waals surface area contributed by atoms with E-state index in [4.69, 9.17) is 23.9 Å². The molecule has 1 fully saturated rings. The SMILES string of the molecule is COc1ccc(CCN(Cc2ccc(OCc3ccccc3)cc2)Cc2nc(C(=O)NCCN3CCOCC3)cs2)cc1OC. The molecular weight excluding hydrogens is 588 g/mol. The molecule has 0 unspecified atom stereocenters. The summed E-state index contributed by atoms with van der Waals surface area (Å²) in [5.41, 5.74) is 3.93. The maximum absolute atomic E-state index is 12.8. The monoisotopic (exact) mass is 630 g/mol. The highest BCUT2D eigenvalue weighted by Gasteiger charge is 2.16. The van der Waals surface area contributed by atoms with Crippen molar-refractivity contribution in [1.29, 1.82) is 0 Å². The third-order valence-electron chi connectivity index (χ3n) is 7.70. The van der Waals surface area contributed by atoms with Crippen molar-refractivity contribution >= 4 is 17.2 Å². The van der Waals surface area contributed by atoms with Gasteiger partial charge in [0.05, 0.1) is 34.0 Å². The standard InChI is InChI=1S/C35H42N4O5S/c1-41-32-13-10-27(22-33(32)42-2)14-16-39(23-28-8-11-30(12-9-28)44-25-29-6-4-3-5-7-29)24-34-37-31(26-45-34)35(40)36-15-17-38-18-20-43-21-19-38/h3-13,22,26H,14-21,23-25H2,1-2H3,(H,36,40). The minimum absolute atomic E-state index is 0.131. The first-order chi connectivity index (χ1) is 22.1. The van der Waals surface area contributed by atoms with Crippen molar-refractivity contribution in [3.8, 4) is 17.2 Å². The highest BCUT2D eigenvalue weighted by molar-refractivity contribution is 7.09. The molecule has 10 heteroatoms. The normalized spacial score (nSPS) is 13.5. The molecule has 1 N–H and O–H groups in total. The number of benzene rings is 3. The second-order valence-electron chi connectivity index (χ2n) is 10.9. The van der Waals surface area contributed by atoms with Crippen LogP contribution in [-0.2, 0) is 30.9 Å². The maximum atomic E-state index is 12.8. The fourth-order valence-electron chi connectivity index (χ4n) is 5.15. The molecule has 0 spiro atoms. The molecule has 1 aromatic heterocycles. The smallest absolute Gasteiger partial charge is 0.270 e. The van der Waals surface area contributed by atoms with E-state index in [9.17, 15) is 4.79 Å². The summed E-state index contributed by atoms with van der Waals surface area (Å²) in [6, 6.07) is 24.5. The van der Waals surface area contributed by atoms with Gasteiger partial charge in [0.1, 0.15) is 23.1 Å². The molecule has 1 saturated heterocycles. The number of thiazole rings is 1. The average molecular weight is 631 g/mol. The van der Waals surface area contributed by atoms with Gasteiger partial charge in [0, 0.05) is 44.6 Å². The lowest BCUT2D eigenvalue weighted by molar-refractivity contribution is 0.0383. The molecule has 1 amide bonds. The van der Waals surface area contributed by atoms with Crippen LogP contribution in [0.15, 0.2) is 78.2 Å². The van der Waals surface area contributed by atoms with Crippen LogP contribution in [-0.4, -0.2) is 80.8 Å². The van der Waals surface area contributed by atoms with Crippen LogP contribution in [0, 0.1) is 0 Å². The summed E-state index contributed by atoms with van der Waals surface area (Å²) in [5, 5.41) is 5.78. The minimum Gasteiger partial charge on any atom is -0.493 e. The van der Waals surface area contributed by atoms with Gasteiger partial charge in [-0.2, -0.15) is 0 Å². The summed E-state index contributed by atoms with van der Waals surface area (Å²) >= 11 is 1.52. The van der Waals surface area contributed by atoms with Crippen molar-refractivity contribution in [2.24, 2.45) is 0 Å². The Balaban J connectivity index is 1.21. The molecule has 3 aromatic carbocycles. The van der Waals surface area contributed by atoms with Gasteiger partial charge in [-0.05, 0) is 47.4 Å². The first-order valence-electron chi connectivity index (χ1n) is 15.3. The Kier molecular flexibility index (Phi) is 12.2. The van der Waals surface area contributed by atoms with E-state index in [0.717, 1.165) is 80.0 Å². The number of carbonyl (C=O) groups is 1. The Bertz CT molecular complexity index is 1480. The van der Waals surface area contributed by atoms with Crippen molar-refractivity contribution in [2.75, 3.05) is 60.2 Å². The molecule has 4 aromatic rings. The molecule has 1 aliphatic heterocycles. The zero-order valence-corrected chi connectivity index (χ0v) is 26.9. The average Bonchev–Trinajstić information content (AvgIpc) is 3.56. The second kappa shape index (κ2) is 16.9. The van der Waals surface area contributed by atoms with Crippen LogP contribution in [0.5, 0.6) is 17.2 Å². The Morgan fingerprint density at radius 2 is 1.69 bits per heavy atom. The van der Waals surface area contributed by atoms with Crippen molar-refractivity contribution < 1.29 is 23.7 Å². The van der Waals surface area contributed by atoms with Gasteiger partial charge in [-0.25, -0.2) is 4.98 Å². The van der Waals surface area contributed by atoms with Crippen LogP contribution in [0.4, 0.5) is 0 Å². The van der Waals surface area contributed by atoms with Gasteiger partial charge in [-0.1, -0.05) is 48.5 Å². The molecule has 2 heterocycles. The lowest BCUT2D eigenvalue weighted by atomic mass is 10.1. The number of aromatic nitrogens is 1. The number of morpholine rings is 1. The highest BCUT2D eigenvalue weighted by atomic mass is 32.1. The van der Waals surface area contributed by atoms with Gasteiger partial charge in [-0.15, -0.1) is 11.3 Å². The predicted octanol–water partition coefficient (Wildman–Crippen LogP) is 5.05. The molecule has 0 radical (unpaired) electrons. The van der Waals surface area contributed by atoms with E-state index in [0.29, 0.717) is 31.1 Å². The molecule has 5 rings (SSSR count). The van der Waals surface area contributed by atoms with E-state index in [1.165, 1.54) is 16.9 Å². The Morgan fingerprint density at radius 3 is 2.44 bits per heavy atom. The Morgan fingerprint density at radius 1 is 0.933 bits per heavy atom. The Labute approximate surface area is 269 Å². The van der Waals surface area contributed by atoms with Crippen molar-refractivity contribution in [3.63, 3.8) is 0 Å². The Hall–Kier alpha value is -3.96. The van der Waals surface area contributed by atoms with E-state index in [1.54, 1.807) is 14.2 Å². The second-order valence-corrected chi connectivity index (χ2v) is 11.8. The van der Waals surface area contributed by atoms with E-state index < -0.39 is 0 Å². The molecule has 45 heavy (non-hydrogen) atoms. The molecule has 238 valence electrons. The van der Waals surface area contributed by atoms with Crippen molar-refractivity contribution in [2.45, 2.75) is 26.1 Å². The summed E-state index contributed by atoms with van der Waals surface area (Å²) in [7, 11) is 3.30. The molecule has 9 nitrogen and oxygen atoms in total. The first kappa shape index (κ1) is 32.4. The van der Waals surface area contributed by atoms with Crippen molar-refractivity contribution in [1.82, 2.24) is 20.1 Å². The maximum Gasteiger partial charge on any atom is 0.270 e. The number of nitrogens with zero attached hydrogens (tertiary/aromatic N) is 3. The fraction of sp³-hybridized carbons (Fsp3) is 0.371. The number of methoxy groups -OCH3 is 2. The van der Waals surface area contributed by atoms with E-state index >= 15 is 0 Å². The quantitative estimate of drug-likeness (QED) is 0.184. The van der Waals surface area contributed by atoms with Gasteiger partial charge in [0.2, 0.25) is 0 Å². The molecule has 1 aliphatic rings. The number of carbonyl (C=O) groups excluding carboxylic acids is 1. The molecular formula is C35H42N4O5S. The zero-order chi connectivity index (χ0) is 31.3. The highest BCUT2D eigenvalue weighted by Crippen LogP contribution is 2.28. The molecule has 0 bridgehead atoms.